The van der Waals surface area contributed by atoms with Crippen LogP contribution in [-0.4, -0.2) is 32.1 Å². The summed E-state index contributed by atoms with van der Waals surface area (Å²) in [5.41, 5.74) is 1.49. The number of amides is 1. The predicted molar refractivity (Wildman–Crippen MR) is 98.8 cm³/mol. The fraction of sp³-hybridized carbons (Fsp3) is 0.263. The van der Waals surface area contributed by atoms with Crippen molar-refractivity contribution < 1.29 is 19.1 Å². The molecule has 0 heterocycles. The highest BCUT2D eigenvalue weighted by molar-refractivity contribution is 9.10. The van der Waals surface area contributed by atoms with E-state index in [1.807, 2.05) is 37.3 Å². The number of halogens is 1. The molecule has 1 atom stereocenters. The summed E-state index contributed by atoms with van der Waals surface area (Å²) in [6, 6.07) is 14.7. The van der Waals surface area contributed by atoms with Crippen molar-refractivity contribution >= 4 is 27.8 Å². The second kappa shape index (κ2) is 9.22. The highest BCUT2D eigenvalue weighted by Crippen LogP contribution is 2.25. The number of esters is 1. The Hall–Kier alpha value is -2.34. The van der Waals surface area contributed by atoms with Crippen LogP contribution in [-0.2, 0) is 9.53 Å². The van der Waals surface area contributed by atoms with Crippen molar-refractivity contribution in [3.05, 3.63) is 64.1 Å². The lowest BCUT2D eigenvalue weighted by molar-refractivity contribution is -0.124. The van der Waals surface area contributed by atoms with E-state index in [-0.39, 0.29) is 18.4 Å². The van der Waals surface area contributed by atoms with Gasteiger partial charge in [0.05, 0.1) is 17.1 Å². The van der Waals surface area contributed by atoms with Gasteiger partial charge in [-0.1, -0.05) is 37.3 Å². The van der Waals surface area contributed by atoms with Gasteiger partial charge in [-0.05, 0) is 45.6 Å². The minimum Gasteiger partial charge on any atom is -0.496 e. The van der Waals surface area contributed by atoms with Crippen molar-refractivity contribution in [1.82, 2.24) is 5.32 Å². The smallest absolute Gasteiger partial charge is 0.338 e. The van der Waals surface area contributed by atoms with Crippen LogP contribution in [0.5, 0.6) is 5.75 Å². The molecule has 0 unspecified atom stereocenters. The Kier molecular flexibility index (Phi) is 7.01. The van der Waals surface area contributed by atoms with Crippen LogP contribution >= 0.6 is 15.9 Å². The summed E-state index contributed by atoms with van der Waals surface area (Å²) in [4.78, 5) is 23.9. The van der Waals surface area contributed by atoms with E-state index in [1.54, 1.807) is 25.3 Å². The zero-order valence-electron chi connectivity index (χ0n) is 14.1. The van der Waals surface area contributed by atoms with Gasteiger partial charge in [-0.2, -0.15) is 0 Å². The van der Waals surface area contributed by atoms with Gasteiger partial charge in [-0.25, -0.2) is 4.79 Å². The predicted octanol–water partition coefficient (Wildman–Crippen LogP) is 3.53. The Balaban J connectivity index is 1.79. The Labute approximate surface area is 155 Å². The Morgan fingerprint density at radius 3 is 2.52 bits per heavy atom. The molecule has 5 nitrogen and oxygen atoms in total. The summed E-state index contributed by atoms with van der Waals surface area (Å²) >= 11 is 3.31. The maximum absolute atomic E-state index is 12.0. The van der Waals surface area contributed by atoms with Crippen molar-refractivity contribution in [3.63, 3.8) is 0 Å². The molecule has 132 valence electrons. The van der Waals surface area contributed by atoms with Crippen molar-refractivity contribution in [1.29, 1.82) is 0 Å². The van der Waals surface area contributed by atoms with E-state index in [9.17, 15) is 9.59 Å². The van der Waals surface area contributed by atoms with Crippen molar-refractivity contribution in [2.75, 3.05) is 20.3 Å². The van der Waals surface area contributed by atoms with E-state index in [0.717, 1.165) is 5.56 Å². The first-order valence-electron chi connectivity index (χ1n) is 7.83. The molecule has 0 aliphatic heterocycles. The molecule has 25 heavy (non-hydrogen) atoms. The lowest BCUT2D eigenvalue weighted by atomic mass is 10.0. The standard InChI is InChI=1S/C19H20BrNO4/c1-13(14-6-4-3-5-7-14)11-21-18(22)12-25-19(23)15-8-9-17(24-2)16(20)10-15/h3-10,13H,11-12H2,1-2H3,(H,21,22)/t13-/m1/s1. The molecule has 0 aliphatic carbocycles. The minimum absolute atomic E-state index is 0.179. The average Bonchev–Trinajstić information content (AvgIpc) is 2.64. The number of ether oxygens (including phenoxy) is 2. The largest absolute Gasteiger partial charge is 0.496 e. The Bertz CT molecular complexity index is 733. The third kappa shape index (κ3) is 5.60. The number of nitrogens with one attached hydrogen (secondary N) is 1. The molecule has 2 rings (SSSR count). The molecule has 0 saturated carbocycles. The fourth-order valence-corrected chi connectivity index (χ4v) is 2.77. The summed E-state index contributed by atoms with van der Waals surface area (Å²) in [6.45, 7) is 2.19. The summed E-state index contributed by atoms with van der Waals surface area (Å²) in [5, 5.41) is 2.77. The van der Waals surface area contributed by atoms with Gasteiger partial charge in [-0.3, -0.25) is 4.79 Å². The molecule has 1 N–H and O–H groups in total. The van der Waals surface area contributed by atoms with Crippen LogP contribution in [0.3, 0.4) is 0 Å². The molecule has 0 aromatic heterocycles. The third-order valence-corrected chi connectivity index (χ3v) is 4.32. The van der Waals surface area contributed by atoms with Crippen LogP contribution in [0.1, 0.15) is 28.8 Å². The lowest BCUT2D eigenvalue weighted by Crippen LogP contribution is -2.31. The second-order valence-electron chi connectivity index (χ2n) is 5.54. The van der Waals surface area contributed by atoms with Gasteiger partial charge >= 0.3 is 5.97 Å². The van der Waals surface area contributed by atoms with Gasteiger partial charge in [0, 0.05) is 6.54 Å². The zero-order chi connectivity index (χ0) is 18.2. The number of methoxy groups -OCH3 is 1. The van der Waals surface area contributed by atoms with Crippen LogP contribution < -0.4 is 10.1 Å². The first-order chi connectivity index (χ1) is 12.0. The van der Waals surface area contributed by atoms with Crippen LogP contribution in [0.2, 0.25) is 0 Å². The van der Waals surface area contributed by atoms with E-state index in [1.165, 1.54) is 0 Å². The fourth-order valence-electron chi connectivity index (χ4n) is 2.23. The number of carbonyl (C=O) groups excluding carboxylic acids is 2. The van der Waals surface area contributed by atoms with Gasteiger partial charge in [0.15, 0.2) is 6.61 Å². The SMILES string of the molecule is COc1ccc(C(=O)OCC(=O)NC[C@@H](C)c2ccccc2)cc1Br. The second-order valence-corrected chi connectivity index (χ2v) is 6.40. The van der Waals surface area contributed by atoms with Gasteiger partial charge in [-0.15, -0.1) is 0 Å². The Morgan fingerprint density at radius 1 is 1.16 bits per heavy atom. The normalized spacial score (nSPS) is 11.5. The molecule has 0 radical (unpaired) electrons. The van der Waals surface area contributed by atoms with Crippen LogP contribution in [0, 0.1) is 0 Å². The molecule has 0 spiro atoms. The average molecular weight is 406 g/mol. The van der Waals surface area contributed by atoms with E-state index in [0.29, 0.717) is 22.3 Å². The highest BCUT2D eigenvalue weighted by atomic mass is 79.9. The molecule has 0 saturated heterocycles. The van der Waals surface area contributed by atoms with E-state index in [4.69, 9.17) is 9.47 Å². The van der Waals surface area contributed by atoms with Gasteiger partial charge in [0.25, 0.3) is 5.91 Å². The molecular formula is C19H20BrNO4. The number of hydrogen-bond donors (Lipinski definition) is 1. The molecule has 2 aromatic rings. The van der Waals surface area contributed by atoms with Gasteiger partial charge in [0.1, 0.15) is 5.75 Å². The molecule has 0 bridgehead atoms. The van der Waals surface area contributed by atoms with E-state index in [2.05, 4.69) is 21.2 Å². The number of rotatable bonds is 7. The van der Waals surface area contributed by atoms with Crippen LogP contribution in [0.25, 0.3) is 0 Å². The third-order valence-electron chi connectivity index (χ3n) is 3.70. The molecule has 6 heteroatoms. The minimum atomic E-state index is -0.561. The summed E-state index contributed by atoms with van der Waals surface area (Å²) in [5.74, 6) is -0.0964. The lowest BCUT2D eigenvalue weighted by Gasteiger charge is -2.13. The number of carbonyl (C=O) groups is 2. The quantitative estimate of drug-likeness (QED) is 0.715. The molecule has 2 aromatic carbocycles. The Morgan fingerprint density at radius 2 is 1.88 bits per heavy atom. The first kappa shape index (κ1) is 19.0. The van der Waals surface area contributed by atoms with Gasteiger partial charge in [0.2, 0.25) is 0 Å². The van der Waals surface area contributed by atoms with Crippen molar-refractivity contribution in [2.45, 2.75) is 12.8 Å². The summed E-state index contributed by atoms with van der Waals surface area (Å²) < 4.78 is 10.8. The van der Waals surface area contributed by atoms with Crippen LogP contribution in [0.4, 0.5) is 0 Å². The molecule has 0 aliphatic rings. The monoisotopic (exact) mass is 405 g/mol. The zero-order valence-corrected chi connectivity index (χ0v) is 15.7. The molecule has 0 fully saturated rings. The first-order valence-corrected chi connectivity index (χ1v) is 8.63. The van der Waals surface area contributed by atoms with Crippen molar-refractivity contribution in [2.24, 2.45) is 0 Å². The maximum Gasteiger partial charge on any atom is 0.338 e. The van der Waals surface area contributed by atoms with E-state index >= 15 is 0 Å². The molecule has 1 amide bonds. The van der Waals surface area contributed by atoms with E-state index < -0.39 is 5.97 Å². The topological polar surface area (TPSA) is 64.6 Å². The highest BCUT2D eigenvalue weighted by Gasteiger charge is 2.13. The van der Waals surface area contributed by atoms with Gasteiger partial charge < -0.3 is 14.8 Å². The number of benzene rings is 2. The number of hydrogen-bond acceptors (Lipinski definition) is 4. The van der Waals surface area contributed by atoms with Crippen molar-refractivity contribution in [3.8, 4) is 5.75 Å². The molecular weight excluding hydrogens is 386 g/mol. The summed E-state index contributed by atoms with van der Waals surface area (Å²) in [7, 11) is 1.54. The maximum atomic E-state index is 12.0. The summed E-state index contributed by atoms with van der Waals surface area (Å²) in [6.07, 6.45) is 0. The van der Waals surface area contributed by atoms with Crippen LogP contribution in [0.15, 0.2) is 53.0 Å².